The number of carbonyl (C=O) groups excluding carboxylic acids is 1. The molecule has 3 aromatic heterocycles. The summed E-state index contributed by atoms with van der Waals surface area (Å²) in [6, 6.07) is 7.09. The molecule has 0 bridgehead atoms. The van der Waals surface area contributed by atoms with Gasteiger partial charge in [-0.1, -0.05) is 18.9 Å². The van der Waals surface area contributed by atoms with Crippen LogP contribution in [0.15, 0.2) is 35.3 Å². The first-order valence-corrected chi connectivity index (χ1v) is 11.8. The number of nitrogens with zero attached hydrogens (tertiary/aromatic N) is 4. The first-order chi connectivity index (χ1) is 16.1. The molecule has 0 aromatic carbocycles. The van der Waals surface area contributed by atoms with Crippen molar-refractivity contribution in [2.45, 2.75) is 44.7 Å². The Morgan fingerprint density at radius 2 is 1.97 bits per heavy atom. The Kier molecular flexibility index (Phi) is 6.24. The van der Waals surface area contributed by atoms with E-state index in [0.29, 0.717) is 23.2 Å². The number of carbonyl (C=O) groups is 1. The topological polar surface area (TPSA) is 105 Å². The molecular weight excluding hydrogens is 420 g/mol. The van der Waals surface area contributed by atoms with Gasteiger partial charge in [0.25, 0.3) is 11.5 Å². The lowest BCUT2D eigenvalue weighted by Crippen LogP contribution is -2.39. The van der Waals surface area contributed by atoms with Crippen LogP contribution in [0.1, 0.15) is 42.5 Å². The third-order valence-electron chi connectivity index (χ3n) is 6.71. The lowest BCUT2D eigenvalue weighted by molar-refractivity contribution is 0.0369. The third-order valence-corrected chi connectivity index (χ3v) is 6.71. The highest BCUT2D eigenvalue weighted by molar-refractivity contribution is 5.97. The number of rotatable bonds is 6. The Bertz CT molecular complexity index is 1290. The molecule has 0 atom stereocenters. The van der Waals surface area contributed by atoms with Crippen molar-refractivity contribution in [2.24, 2.45) is 0 Å². The Morgan fingerprint density at radius 1 is 1.18 bits per heavy atom. The number of nitrogens with one attached hydrogen (secondary N) is 2. The van der Waals surface area contributed by atoms with Crippen LogP contribution in [0.2, 0.25) is 0 Å². The van der Waals surface area contributed by atoms with Gasteiger partial charge in [0.1, 0.15) is 16.8 Å². The molecule has 0 unspecified atom stereocenters. The van der Waals surface area contributed by atoms with Crippen LogP contribution in [-0.2, 0) is 11.3 Å². The van der Waals surface area contributed by atoms with Crippen molar-refractivity contribution in [3.05, 3.63) is 51.9 Å². The van der Waals surface area contributed by atoms with Crippen LogP contribution >= 0.6 is 0 Å². The Balaban J connectivity index is 1.55. The number of ether oxygens (including phenoxy) is 1. The summed E-state index contributed by atoms with van der Waals surface area (Å²) in [5.74, 6) is -0.284. The van der Waals surface area contributed by atoms with Crippen molar-refractivity contribution in [3.8, 4) is 0 Å². The zero-order valence-corrected chi connectivity index (χ0v) is 18.8. The molecule has 174 valence electrons. The van der Waals surface area contributed by atoms with Crippen molar-refractivity contribution in [3.63, 3.8) is 0 Å². The van der Waals surface area contributed by atoms with Crippen molar-refractivity contribution in [2.75, 3.05) is 32.8 Å². The van der Waals surface area contributed by atoms with E-state index >= 15 is 0 Å². The molecule has 1 saturated heterocycles. The molecule has 3 aromatic rings. The monoisotopic (exact) mass is 450 g/mol. The van der Waals surface area contributed by atoms with Crippen LogP contribution in [-0.4, -0.2) is 63.6 Å². The van der Waals surface area contributed by atoms with E-state index in [9.17, 15) is 9.59 Å². The quantitative estimate of drug-likeness (QED) is 0.554. The van der Waals surface area contributed by atoms with Crippen molar-refractivity contribution < 1.29 is 9.53 Å². The Labute approximate surface area is 191 Å². The molecule has 0 radical (unpaired) electrons. The summed E-state index contributed by atoms with van der Waals surface area (Å²) in [5, 5.41) is 12.3. The van der Waals surface area contributed by atoms with E-state index < -0.39 is 0 Å². The average molecular weight is 451 g/mol. The number of aromatic nitrogens is 3. The van der Waals surface area contributed by atoms with E-state index in [-0.39, 0.29) is 28.6 Å². The van der Waals surface area contributed by atoms with E-state index in [0.717, 1.165) is 65.0 Å². The fourth-order valence-electron chi connectivity index (χ4n) is 4.89. The first-order valence-electron chi connectivity index (χ1n) is 11.8. The predicted octanol–water partition coefficient (Wildman–Crippen LogP) is 1.52. The van der Waals surface area contributed by atoms with Gasteiger partial charge in [0.2, 0.25) is 0 Å². The molecule has 0 spiro atoms. The molecule has 1 aliphatic heterocycles. The maximum Gasteiger partial charge on any atom is 0.267 e. The summed E-state index contributed by atoms with van der Waals surface area (Å²) < 4.78 is 8.64. The van der Waals surface area contributed by atoms with E-state index in [1.807, 2.05) is 6.07 Å². The van der Waals surface area contributed by atoms with E-state index in [1.54, 1.807) is 29.0 Å². The normalized spacial score (nSPS) is 17.7. The fourth-order valence-corrected chi connectivity index (χ4v) is 4.89. The van der Waals surface area contributed by atoms with Crippen LogP contribution < -0.4 is 16.4 Å². The number of hydrogen-bond acceptors (Lipinski definition) is 6. The minimum atomic E-state index is -0.284. The molecular formula is C24H30N6O3. The van der Waals surface area contributed by atoms with Gasteiger partial charge >= 0.3 is 0 Å². The highest BCUT2D eigenvalue weighted by Crippen LogP contribution is 2.18. The minimum absolute atomic E-state index is 0.104. The summed E-state index contributed by atoms with van der Waals surface area (Å²) >= 11 is 0. The molecule has 1 aliphatic carbocycles. The van der Waals surface area contributed by atoms with Gasteiger partial charge in [-0.15, -0.1) is 0 Å². The summed E-state index contributed by atoms with van der Waals surface area (Å²) in [4.78, 5) is 33.5. The van der Waals surface area contributed by atoms with Crippen LogP contribution in [0.25, 0.3) is 16.7 Å². The lowest BCUT2D eigenvalue weighted by atomic mass is 10.1. The number of amides is 1. The number of morpholine rings is 1. The minimum Gasteiger partial charge on any atom is -0.379 e. The maximum absolute atomic E-state index is 13.3. The SMILES string of the molecule is N=c1c(C(=O)NC2CCCC2)cc2c(=O)n3ccccc3nc2n1CCCN1CCOCC1. The third kappa shape index (κ3) is 4.43. The van der Waals surface area contributed by atoms with Gasteiger partial charge in [-0.3, -0.25) is 24.3 Å². The lowest BCUT2D eigenvalue weighted by Gasteiger charge is -2.26. The van der Waals surface area contributed by atoms with Crippen LogP contribution in [0.3, 0.4) is 0 Å². The van der Waals surface area contributed by atoms with Gasteiger partial charge in [-0.05, 0) is 37.5 Å². The molecule has 2 aliphatic rings. The molecule has 4 heterocycles. The van der Waals surface area contributed by atoms with E-state index in [4.69, 9.17) is 15.1 Å². The van der Waals surface area contributed by atoms with Gasteiger partial charge in [-0.25, -0.2) is 4.98 Å². The predicted molar refractivity (Wildman–Crippen MR) is 124 cm³/mol. The van der Waals surface area contributed by atoms with Gasteiger partial charge in [0.05, 0.1) is 24.2 Å². The van der Waals surface area contributed by atoms with Gasteiger partial charge in [0.15, 0.2) is 0 Å². The van der Waals surface area contributed by atoms with Gasteiger partial charge < -0.3 is 14.6 Å². The summed E-state index contributed by atoms with van der Waals surface area (Å²) in [6.45, 7) is 4.64. The number of pyridine rings is 2. The number of aryl methyl sites for hydroxylation is 1. The maximum atomic E-state index is 13.3. The fraction of sp³-hybridized carbons (Fsp3) is 0.500. The van der Waals surface area contributed by atoms with Gasteiger partial charge in [0, 0.05) is 38.4 Å². The first kappa shape index (κ1) is 21.8. The molecule has 33 heavy (non-hydrogen) atoms. The van der Waals surface area contributed by atoms with Crippen molar-refractivity contribution in [1.82, 2.24) is 24.2 Å². The van der Waals surface area contributed by atoms with Crippen molar-refractivity contribution in [1.29, 1.82) is 5.41 Å². The second-order valence-electron chi connectivity index (χ2n) is 8.90. The number of hydrogen-bond donors (Lipinski definition) is 2. The second kappa shape index (κ2) is 9.44. The molecule has 9 heteroatoms. The molecule has 2 fully saturated rings. The van der Waals surface area contributed by atoms with Crippen LogP contribution in [0.4, 0.5) is 0 Å². The zero-order chi connectivity index (χ0) is 22.8. The highest BCUT2D eigenvalue weighted by atomic mass is 16.5. The smallest absolute Gasteiger partial charge is 0.267 e. The van der Waals surface area contributed by atoms with E-state index in [2.05, 4.69) is 10.2 Å². The zero-order valence-electron chi connectivity index (χ0n) is 18.8. The summed E-state index contributed by atoms with van der Waals surface area (Å²) in [6.07, 6.45) is 6.60. The van der Waals surface area contributed by atoms with Crippen molar-refractivity contribution >= 4 is 22.6 Å². The molecule has 5 rings (SSSR count). The molecule has 9 nitrogen and oxygen atoms in total. The molecule has 1 amide bonds. The molecule has 1 saturated carbocycles. The summed E-state index contributed by atoms with van der Waals surface area (Å²) in [5.41, 5.74) is 1.09. The number of fused-ring (bicyclic) bond motifs is 2. The molecule has 2 N–H and O–H groups in total. The largest absolute Gasteiger partial charge is 0.379 e. The Hall–Kier alpha value is -3.04. The van der Waals surface area contributed by atoms with Crippen LogP contribution in [0.5, 0.6) is 0 Å². The standard InChI is InChI=1S/C24H30N6O3/c25-21-18(23(31)26-17-6-1-2-7-17)16-19-22(27-20-8-3-4-10-29(20)24(19)32)30(21)11-5-9-28-12-14-33-15-13-28/h3-4,8,10,16-17,25H,1-2,5-7,9,11-15H2,(H,26,31). The van der Waals surface area contributed by atoms with Gasteiger partial charge in [-0.2, -0.15) is 0 Å². The van der Waals surface area contributed by atoms with E-state index in [1.165, 1.54) is 4.40 Å². The van der Waals surface area contributed by atoms with Crippen LogP contribution in [0, 0.1) is 5.41 Å². The Morgan fingerprint density at radius 3 is 2.76 bits per heavy atom. The summed E-state index contributed by atoms with van der Waals surface area (Å²) in [7, 11) is 0. The highest BCUT2D eigenvalue weighted by Gasteiger charge is 2.22. The second-order valence-corrected chi connectivity index (χ2v) is 8.90. The average Bonchev–Trinajstić information content (AvgIpc) is 3.34.